The van der Waals surface area contributed by atoms with Crippen molar-refractivity contribution in [1.29, 1.82) is 0 Å². The molecule has 1 heterocycles. The number of hydrogen-bond acceptors (Lipinski definition) is 6. The largest absolute Gasteiger partial charge is 0.515 e. The third-order valence-electron chi connectivity index (χ3n) is 8.35. The fourth-order valence-corrected chi connectivity index (χ4v) is 7.94. The second-order valence-electron chi connectivity index (χ2n) is 10.2. The van der Waals surface area contributed by atoms with Crippen molar-refractivity contribution in [2.45, 2.75) is 58.3 Å². The topological polar surface area (TPSA) is 99.5 Å². The SMILES string of the molecule is Cc1cnc(NC(=O)CC[C@@H]2/C(=C\O)C(=O)[C@@]3(C)CCC4c5cc(Br)c(O)cc5CCC4C23)s1. The second-order valence-corrected chi connectivity index (χ2v) is 12.3. The lowest BCUT2D eigenvalue weighted by atomic mass is 9.54. The molecule has 5 atom stereocenters. The molecule has 2 saturated carbocycles. The quantitative estimate of drug-likeness (QED) is 0.321. The van der Waals surface area contributed by atoms with Crippen molar-refractivity contribution in [3.05, 3.63) is 50.6 Å². The normalized spacial score (nSPS) is 31.1. The number of amides is 1. The minimum absolute atomic E-state index is 0.0390. The molecule has 2 aromatic rings. The maximum atomic E-state index is 13.5. The Balaban J connectivity index is 1.42. The summed E-state index contributed by atoms with van der Waals surface area (Å²) in [6.07, 6.45) is 6.97. The summed E-state index contributed by atoms with van der Waals surface area (Å²) in [5.74, 6) is 0.705. The Morgan fingerprint density at radius 1 is 1.38 bits per heavy atom. The van der Waals surface area contributed by atoms with Crippen molar-refractivity contribution < 1.29 is 19.8 Å². The van der Waals surface area contributed by atoms with E-state index in [1.807, 2.05) is 19.1 Å². The van der Waals surface area contributed by atoms with E-state index in [2.05, 4.69) is 33.2 Å². The van der Waals surface area contributed by atoms with Gasteiger partial charge in [0.1, 0.15) is 5.75 Å². The number of anilines is 1. The summed E-state index contributed by atoms with van der Waals surface area (Å²) in [5, 5.41) is 23.7. The van der Waals surface area contributed by atoms with Crippen LogP contribution in [-0.4, -0.2) is 26.9 Å². The molecule has 0 spiro atoms. The summed E-state index contributed by atoms with van der Waals surface area (Å²) in [6, 6.07) is 3.91. The van der Waals surface area contributed by atoms with E-state index in [1.54, 1.807) is 6.20 Å². The summed E-state index contributed by atoms with van der Waals surface area (Å²) in [7, 11) is 0. The molecule has 1 aromatic carbocycles. The van der Waals surface area contributed by atoms with Crippen LogP contribution in [0.25, 0.3) is 0 Å². The predicted octanol–water partition coefficient (Wildman–Crippen LogP) is 6.04. The van der Waals surface area contributed by atoms with E-state index in [4.69, 9.17) is 0 Å². The number of Topliss-reactive ketones (excluding diaryl/α,β-unsaturated/α-hetero) is 1. The number of benzene rings is 1. The van der Waals surface area contributed by atoms with Gasteiger partial charge in [0.25, 0.3) is 0 Å². The first kappa shape index (κ1) is 23.5. The summed E-state index contributed by atoms with van der Waals surface area (Å²) in [4.78, 5) is 31.4. The Kier molecular flexibility index (Phi) is 6.09. The van der Waals surface area contributed by atoms with E-state index in [1.165, 1.54) is 22.5 Å². The van der Waals surface area contributed by atoms with Crippen LogP contribution in [0, 0.1) is 30.1 Å². The van der Waals surface area contributed by atoms with Crippen LogP contribution in [0.5, 0.6) is 5.75 Å². The lowest BCUT2D eigenvalue weighted by Crippen LogP contribution is -2.44. The first-order chi connectivity index (χ1) is 16.2. The van der Waals surface area contributed by atoms with Crippen LogP contribution in [0.15, 0.2) is 34.6 Å². The molecule has 8 heteroatoms. The van der Waals surface area contributed by atoms with Crippen LogP contribution in [0.3, 0.4) is 0 Å². The molecule has 3 aliphatic carbocycles. The first-order valence-electron chi connectivity index (χ1n) is 11.9. The number of aromatic nitrogens is 1. The number of aromatic hydroxyl groups is 1. The van der Waals surface area contributed by atoms with Crippen molar-refractivity contribution in [3.63, 3.8) is 0 Å². The molecule has 2 fully saturated rings. The van der Waals surface area contributed by atoms with Gasteiger partial charge in [0.2, 0.25) is 5.91 Å². The maximum absolute atomic E-state index is 13.5. The molecule has 1 aromatic heterocycles. The zero-order chi connectivity index (χ0) is 24.2. The van der Waals surface area contributed by atoms with Crippen LogP contribution in [0.4, 0.5) is 5.13 Å². The van der Waals surface area contributed by atoms with Crippen LogP contribution >= 0.6 is 27.3 Å². The molecule has 1 amide bonds. The first-order valence-corrected chi connectivity index (χ1v) is 13.5. The average Bonchev–Trinajstić information content (AvgIpc) is 3.30. The minimum atomic E-state index is -0.519. The van der Waals surface area contributed by atoms with Crippen LogP contribution in [0.1, 0.15) is 60.9 Å². The van der Waals surface area contributed by atoms with Gasteiger partial charge in [-0.1, -0.05) is 6.92 Å². The van der Waals surface area contributed by atoms with Crippen molar-refractivity contribution >= 4 is 44.1 Å². The minimum Gasteiger partial charge on any atom is -0.515 e. The van der Waals surface area contributed by atoms with Gasteiger partial charge in [-0.15, -0.1) is 11.3 Å². The van der Waals surface area contributed by atoms with E-state index in [0.717, 1.165) is 36.8 Å². The van der Waals surface area contributed by atoms with E-state index >= 15 is 0 Å². The highest BCUT2D eigenvalue weighted by molar-refractivity contribution is 9.10. The highest BCUT2D eigenvalue weighted by Crippen LogP contribution is 2.63. The van der Waals surface area contributed by atoms with Gasteiger partial charge in [-0.25, -0.2) is 4.98 Å². The number of rotatable bonds is 4. The molecule has 3 aliphatic rings. The Hall–Kier alpha value is -2.19. The highest BCUT2D eigenvalue weighted by atomic mass is 79.9. The molecule has 0 bridgehead atoms. The van der Waals surface area contributed by atoms with Gasteiger partial charge in [0.15, 0.2) is 10.9 Å². The van der Waals surface area contributed by atoms with Crippen molar-refractivity contribution in [3.8, 4) is 5.75 Å². The van der Waals surface area contributed by atoms with Crippen molar-refractivity contribution in [2.24, 2.45) is 23.2 Å². The van der Waals surface area contributed by atoms with Crippen LogP contribution < -0.4 is 5.32 Å². The number of carbonyl (C=O) groups excluding carboxylic acids is 2. The lowest BCUT2D eigenvalue weighted by molar-refractivity contribution is -0.127. The number of phenolic OH excluding ortho intramolecular Hbond substituents is 1. The molecule has 3 unspecified atom stereocenters. The Morgan fingerprint density at radius 2 is 2.18 bits per heavy atom. The zero-order valence-electron chi connectivity index (χ0n) is 19.3. The number of hydrogen-bond donors (Lipinski definition) is 3. The number of halogens is 1. The van der Waals surface area contributed by atoms with Crippen LogP contribution in [0.2, 0.25) is 0 Å². The lowest BCUT2D eigenvalue weighted by Gasteiger charge is -2.49. The number of nitrogens with one attached hydrogen (secondary N) is 1. The molecule has 34 heavy (non-hydrogen) atoms. The van der Waals surface area contributed by atoms with Gasteiger partial charge in [-0.2, -0.15) is 0 Å². The molecule has 0 aliphatic heterocycles. The van der Waals surface area contributed by atoms with E-state index in [-0.39, 0.29) is 35.7 Å². The molecule has 6 nitrogen and oxygen atoms in total. The maximum Gasteiger partial charge on any atom is 0.226 e. The molecule has 5 rings (SSSR count). The average molecular weight is 545 g/mol. The summed E-state index contributed by atoms with van der Waals surface area (Å²) >= 11 is 4.91. The number of nitrogens with zero attached hydrogens (tertiary/aromatic N) is 1. The van der Waals surface area contributed by atoms with Gasteiger partial charge < -0.3 is 15.5 Å². The number of phenols is 1. The summed E-state index contributed by atoms with van der Waals surface area (Å²) < 4.78 is 0.698. The summed E-state index contributed by atoms with van der Waals surface area (Å²) in [5.41, 5.74) is 2.40. The molecular formula is C26H29BrN2O4S. The number of aliphatic hydroxyl groups is 1. The molecule has 0 saturated heterocycles. The predicted molar refractivity (Wildman–Crippen MR) is 135 cm³/mol. The van der Waals surface area contributed by atoms with Crippen molar-refractivity contribution in [2.75, 3.05) is 5.32 Å². The van der Waals surface area contributed by atoms with E-state index in [0.29, 0.717) is 33.4 Å². The molecule has 3 N–H and O–H groups in total. The number of aryl methyl sites for hydroxylation is 2. The van der Waals surface area contributed by atoms with E-state index in [9.17, 15) is 19.8 Å². The smallest absolute Gasteiger partial charge is 0.226 e. The van der Waals surface area contributed by atoms with Crippen molar-refractivity contribution in [1.82, 2.24) is 4.98 Å². The van der Waals surface area contributed by atoms with Gasteiger partial charge in [-0.3, -0.25) is 9.59 Å². The Labute approximate surface area is 211 Å². The second kappa shape index (κ2) is 8.79. The number of aliphatic hydroxyl groups excluding tert-OH is 1. The monoisotopic (exact) mass is 544 g/mol. The van der Waals surface area contributed by atoms with Gasteiger partial charge in [0, 0.05) is 28.5 Å². The van der Waals surface area contributed by atoms with Gasteiger partial charge >= 0.3 is 0 Å². The molecule has 0 radical (unpaired) electrons. The zero-order valence-corrected chi connectivity index (χ0v) is 21.7. The molecule has 180 valence electrons. The standard InChI is InChI=1S/C26H29BrN2O4S/c1-13-11-28-25(34-13)29-22(32)6-5-17-19(12-30)24(33)26(2)8-7-15-16(23(17)26)4-3-14-9-21(31)20(27)10-18(14)15/h9-12,15-17,23,30-31H,3-8H2,1-2H3,(H,28,29,32)/b19-12+/t15?,16?,17-,23?,26+/m1/s1. The fraction of sp³-hybridized carbons (Fsp3) is 0.500. The highest BCUT2D eigenvalue weighted by Gasteiger charge is 2.60. The van der Waals surface area contributed by atoms with E-state index < -0.39 is 5.41 Å². The number of ketones is 1. The third kappa shape index (κ3) is 3.79. The third-order valence-corrected chi connectivity index (χ3v) is 9.81. The van der Waals surface area contributed by atoms with Gasteiger partial charge in [-0.05, 0) is 102 Å². The number of allylic oxidation sites excluding steroid dienone is 1. The Morgan fingerprint density at radius 3 is 2.88 bits per heavy atom. The number of carbonyl (C=O) groups is 2. The molecular weight excluding hydrogens is 516 g/mol. The fourth-order valence-electron chi connectivity index (χ4n) is 6.90. The van der Waals surface area contributed by atoms with Crippen LogP contribution in [-0.2, 0) is 16.0 Å². The number of fused-ring (bicyclic) bond motifs is 5. The summed E-state index contributed by atoms with van der Waals surface area (Å²) in [6.45, 7) is 4.00. The van der Waals surface area contributed by atoms with Gasteiger partial charge in [0.05, 0.1) is 10.7 Å². The number of thiazole rings is 1. The Bertz CT molecular complexity index is 1190.